The Balaban J connectivity index is 1.77. The van der Waals surface area contributed by atoms with E-state index in [1.54, 1.807) is 18.4 Å². The predicted molar refractivity (Wildman–Crippen MR) is 103 cm³/mol. The first kappa shape index (κ1) is 19.3. The van der Waals surface area contributed by atoms with Crippen LogP contribution in [0.1, 0.15) is 53.7 Å². The summed E-state index contributed by atoms with van der Waals surface area (Å²) in [6.45, 7) is 8.40. The molecule has 3 rings (SSSR count). The van der Waals surface area contributed by atoms with Gasteiger partial charge in [-0.05, 0) is 58.7 Å². The second kappa shape index (κ2) is 7.29. The quantitative estimate of drug-likeness (QED) is 0.841. The molecule has 0 saturated carbocycles. The van der Waals surface area contributed by atoms with Gasteiger partial charge in [-0.2, -0.15) is 0 Å². The summed E-state index contributed by atoms with van der Waals surface area (Å²) in [6, 6.07) is 2.03. The molecule has 1 fully saturated rings. The number of carbonyl (C=O) groups is 2. The topological polar surface area (TPSA) is 70.7 Å². The zero-order valence-electron chi connectivity index (χ0n) is 16.1. The molecule has 6 nitrogen and oxygen atoms in total. The summed E-state index contributed by atoms with van der Waals surface area (Å²) in [6.07, 6.45) is 2.42. The second-order valence-corrected chi connectivity index (χ2v) is 9.23. The molecule has 0 unspecified atom stereocenters. The van der Waals surface area contributed by atoms with E-state index in [2.05, 4.69) is 10.6 Å². The van der Waals surface area contributed by atoms with Gasteiger partial charge in [0.05, 0.1) is 18.0 Å². The fourth-order valence-electron chi connectivity index (χ4n) is 3.69. The van der Waals surface area contributed by atoms with Crippen molar-refractivity contribution in [2.75, 3.05) is 33.3 Å². The van der Waals surface area contributed by atoms with E-state index < -0.39 is 0 Å². The highest BCUT2D eigenvalue weighted by atomic mass is 32.1. The molecule has 0 atom stereocenters. The number of likely N-dealkylation sites (N-methyl/N-ethyl adjacent to an activating group) is 1. The number of hydrogen-bond donors (Lipinski definition) is 2. The number of likely N-dealkylation sites (tertiary alicyclic amines) is 1. The van der Waals surface area contributed by atoms with Crippen molar-refractivity contribution in [3.05, 3.63) is 21.4 Å². The minimum atomic E-state index is -0.338. The molecular weight excluding hydrogens is 350 g/mol. The van der Waals surface area contributed by atoms with Crippen LogP contribution in [0.2, 0.25) is 0 Å². The van der Waals surface area contributed by atoms with Crippen LogP contribution in [0.15, 0.2) is 6.07 Å². The SMILES string of the molecule is CNCC(=O)N1CCC2(CC1)OCCc1cc(C(=O)NC(C)(C)C)sc12. The fourth-order valence-corrected chi connectivity index (χ4v) is 4.99. The van der Waals surface area contributed by atoms with Crippen LogP contribution in [-0.4, -0.2) is 55.5 Å². The van der Waals surface area contributed by atoms with Gasteiger partial charge in [-0.25, -0.2) is 0 Å². The zero-order valence-corrected chi connectivity index (χ0v) is 16.9. The third-order valence-corrected chi connectivity index (χ3v) is 6.30. The third kappa shape index (κ3) is 3.94. The van der Waals surface area contributed by atoms with Gasteiger partial charge in [0.15, 0.2) is 0 Å². The van der Waals surface area contributed by atoms with Gasteiger partial charge in [0.1, 0.15) is 5.60 Å². The number of ether oxygens (including phenoxy) is 1. The first-order valence-corrected chi connectivity index (χ1v) is 10.1. The third-order valence-electron chi connectivity index (χ3n) is 4.94. The smallest absolute Gasteiger partial charge is 0.261 e. The highest BCUT2D eigenvalue weighted by Crippen LogP contribution is 2.45. The Morgan fingerprint density at radius 2 is 2.00 bits per heavy atom. The molecule has 2 amide bonds. The van der Waals surface area contributed by atoms with Gasteiger partial charge < -0.3 is 20.3 Å². The van der Waals surface area contributed by atoms with Gasteiger partial charge in [-0.15, -0.1) is 11.3 Å². The predicted octanol–water partition coefficient (Wildman–Crippen LogP) is 1.89. The van der Waals surface area contributed by atoms with Crippen molar-refractivity contribution >= 4 is 23.2 Å². The molecule has 144 valence electrons. The maximum atomic E-state index is 12.6. The number of thiophene rings is 1. The summed E-state index contributed by atoms with van der Waals surface area (Å²) >= 11 is 1.56. The molecule has 0 aromatic carbocycles. The summed E-state index contributed by atoms with van der Waals surface area (Å²) in [7, 11) is 1.79. The van der Waals surface area contributed by atoms with Gasteiger partial charge in [-0.1, -0.05) is 0 Å². The van der Waals surface area contributed by atoms with Crippen LogP contribution in [0.4, 0.5) is 0 Å². The Morgan fingerprint density at radius 3 is 2.62 bits per heavy atom. The molecule has 1 aromatic heterocycles. The number of amides is 2. The molecule has 1 aromatic rings. The maximum absolute atomic E-state index is 12.6. The monoisotopic (exact) mass is 379 g/mol. The second-order valence-electron chi connectivity index (χ2n) is 8.17. The first-order chi connectivity index (χ1) is 12.2. The van der Waals surface area contributed by atoms with E-state index in [0.717, 1.165) is 24.1 Å². The molecule has 0 radical (unpaired) electrons. The van der Waals surface area contributed by atoms with E-state index in [0.29, 0.717) is 26.2 Å². The van der Waals surface area contributed by atoms with Gasteiger partial charge >= 0.3 is 0 Å². The molecule has 26 heavy (non-hydrogen) atoms. The van der Waals surface area contributed by atoms with E-state index in [-0.39, 0.29) is 23.0 Å². The van der Waals surface area contributed by atoms with Crippen LogP contribution in [0.5, 0.6) is 0 Å². The number of piperidine rings is 1. The van der Waals surface area contributed by atoms with Crippen molar-refractivity contribution in [2.45, 2.75) is 51.2 Å². The van der Waals surface area contributed by atoms with Crippen molar-refractivity contribution in [1.82, 2.24) is 15.5 Å². The fraction of sp³-hybridized carbons (Fsp3) is 0.684. The van der Waals surface area contributed by atoms with Crippen molar-refractivity contribution in [2.24, 2.45) is 0 Å². The van der Waals surface area contributed by atoms with Crippen molar-refractivity contribution in [1.29, 1.82) is 0 Å². The molecule has 3 heterocycles. The van der Waals surface area contributed by atoms with Gasteiger partial charge in [0.2, 0.25) is 5.91 Å². The number of hydrogen-bond acceptors (Lipinski definition) is 5. The molecule has 2 N–H and O–H groups in total. The zero-order chi connectivity index (χ0) is 18.9. The van der Waals surface area contributed by atoms with E-state index in [1.165, 1.54) is 10.4 Å². The van der Waals surface area contributed by atoms with E-state index in [1.807, 2.05) is 31.7 Å². The van der Waals surface area contributed by atoms with Crippen LogP contribution < -0.4 is 10.6 Å². The molecular formula is C19H29N3O3S. The Morgan fingerprint density at radius 1 is 1.31 bits per heavy atom. The number of carbonyl (C=O) groups excluding carboxylic acids is 2. The van der Waals surface area contributed by atoms with E-state index in [4.69, 9.17) is 4.74 Å². The lowest BCUT2D eigenvalue weighted by Crippen LogP contribution is -2.49. The Hall–Kier alpha value is -1.44. The standard InChI is InChI=1S/C19H29N3O3S/c1-18(2,3)21-17(24)14-11-13-5-10-25-19(16(13)26-14)6-8-22(9-7-19)15(23)12-20-4/h11,20H,5-10,12H2,1-4H3,(H,21,24). The lowest BCUT2D eigenvalue weighted by atomic mass is 9.85. The largest absolute Gasteiger partial charge is 0.369 e. The molecule has 1 spiro atoms. The molecule has 1 saturated heterocycles. The van der Waals surface area contributed by atoms with Gasteiger partial charge in [0, 0.05) is 23.5 Å². The van der Waals surface area contributed by atoms with Crippen LogP contribution in [-0.2, 0) is 21.6 Å². The summed E-state index contributed by atoms with van der Waals surface area (Å²) in [5.41, 5.74) is 0.638. The lowest BCUT2D eigenvalue weighted by Gasteiger charge is -2.43. The maximum Gasteiger partial charge on any atom is 0.261 e. The summed E-state index contributed by atoms with van der Waals surface area (Å²) in [5.74, 6) is 0.114. The average Bonchev–Trinajstić information content (AvgIpc) is 3.00. The van der Waals surface area contributed by atoms with Crippen LogP contribution in [0.25, 0.3) is 0 Å². The van der Waals surface area contributed by atoms with E-state index in [9.17, 15) is 9.59 Å². The molecule has 0 bridgehead atoms. The Labute approximate surface area is 159 Å². The van der Waals surface area contributed by atoms with E-state index >= 15 is 0 Å². The minimum absolute atomic E-state index is 0.0197. The van der Waals surface area contributed by atoms with Crippen molar-refractivity contribution in [3.63, 3.8) is 0 Å². The lowest BCUT2D eigenvalue weighted by molar-refractivity contribution is -0.139. The van der Waals surface area contributed by atoms with Crippen LogP contribution in [0, 0.1) is 0 Å². The first-order valence-electron chi connectivity index (χ1n) is 9.26. The molecule has 2 aliphatic rings. The molecule has 2 aliphatic heterocycles. The summed E-state index contributed by atoms with van der Waals surface area (Å²) in [5, 5.41) is 5.96. The van der Waals surface area contributed by atoms with Crippen LogP contribution >= 0.6 is 11.3 Å². The van der Waals surface area contributed by atoms with Crippen molar-refractivity contribution < 1.29 is 14.3 Å². The highest BCUT2D eigenvalue weighted by Gasteiger charge is 2.43. The minimum Gasteiger partial charge on any atom is -0.369 e. The normalized spacial score (nSPS) is 19.3. The highest BCUT2D eigenvalue weighted by molar-refractivity contribution is 7.14. The molecule has 7 heteroatoms. The average molecular weight is 380 g/mol. The Kier molecular flexibility index (Phi) is 5.42. The Bertz CT molecular complexity index is 685. The summed E-state index contributed by atoms with van der Waals surface area (Å²) < 4.78 is 6.24. The van der Waals surface area contributed by atoms with Crippen LogP contribution in [0.3, 0.4) is 0 Å². The van der Waals surface area contributed by atoms with Gasteiger partial charge in [-0.3, -0.25) is 9.59 Å². The van der Waals surface area contributed by atoms with Gasteiger partial charge in [0.25, 0.3) is 5.91 Å². The number of nitrogens with zero attached hydrogens (tertiary/aromatic N) is 1. The number of rotatable bonds is 3. The summed E-state index contributed by atoms with van der Waals surface area (Å²) in [4.78, 5) is 28.5. The number of nitrogens with one attached hydrogen (secondary N) is 2. The van der Waals surface area contributed by atoms with Crippen molar-refractivity contribution in [3.8, 4) is 0 Å². The number of fused-ring (bicyclic) bond motifs is 2. The molecule has 0 aliphatic carbocycles.